The monoisotopic (exact) mass is 243 g/mol. The van der Waals surface area contributed by atoms with Crippen molar-refractivity contribution in [1.82, 2.24) is 15.0 Å². The first-order chi connectivity index (χ1) is 8.26. The Labute approximate surface area is 102 Å². The van der Waals surface area contributed by atoms with Crippen LogP contribution in [0.15, 0.2) is 24.3 Å². The van der Waals surface area contributed by atoms with E-state index in [0.29, 0.717) is 16.3 Å². The van der Waals surface area contributed by atoms with Crippen LogP contribution in [0.3, 0.4) is 0 Å². The van der Waals surface area contributed by atoms with Crippen molar-refractivity contribution in [3.8, 4) is 23.4 Å². The largest absolute Gasteiger partial charge is 0.229 e. The number of benzene rings is 1. The Morgan fingerprint density at radius 1 is 1.35 bits per heavy atom. The molecule has 0 N–H and O–H groups in total. The molecule has 0 saturated carbocycles. The molecule has 2 aromatic rings. The number of nitrogens with zero attached hydrogens (tertiary/aromatic N) is 5. The van der Waals surface area contributed by atoms with Crippen LogP contribution in [-0.2, 0) is 6.54 Å². The zero-order valence-corrected chi connectivity index (χ0v) is 9.39. The minimum atomic E-state index is 0.0382. The highest BCUT2D eigenvalue weighted by Gasteiger charge is 2.14. The summed E-state index contributed by atoms with van der Waals surface area (Å²) in [6.45, 7) is 0.0382. The van der Waals surface area contributed by atoms with Crippen LogP contribution in [0.25, 0.3) is 11.3 Å². The van der Waals surface area contributed by atoms with E-state index in [0.717, 1.165) is 0 Å². The molecule has 0 aliphatic heterocycles. The molecule has 0 aliphatic rings. The molecule has 0 bridgehead atoms. The first-order valence-corrected chi connectivity index (χ1v) is 5.10. The number of rotatable bonds is 2. The van der Waals surface area contributed by atoms with Crippen molar-refractivity contribution < 1.29 is 0 Å². The van der Waals surface area contributed by atoms with Gasteiger partial charge in [0.05, 0.1) is 6.07 Å². The average molecular weight is 244 g/mol. The molecular weight excluding hydrogens is 238 g/mol. The minimum Gasteiger partial charge on any atom is -0.229 e. The van der Waals surface area contributed by atoms with Crippen LogP contribution in [0.4, 0.5) is 0 Å². The molecule has 5 nitrogen and oxygen atoms in total. The normalized spacial score (nSPS) is 9.59. The lowest BCUT2D eigenvalue weighted by Crippen LogP contribution is -2.01. The summed E-state index contributed by atoms with van der Waals surface area (Å²) in [6.07, 6.45) is 0. The van der Waals surface area contributed by atoms with Gasteiger partial charge in [-0.3, -0.25) is 0 Å². The summed E-state index contributed by atoms with van der Waals surface area (Å²) >= 11 is 5.89. The highest BCUT2D eigenvalue weighted by molar-refractivity contribution is 6.30. The maximum atomic E-state index is 8.95. The number of aromatic nitrogens is 3. The van der Waals surface area contributed by atoms with Crippen LogP contribution in [0.1, 0.15) is 5.69 Å². The molecular formula is C11H6ClN5. The second kappa shape index (κ2) is 4.65. The molecule has 0 aliphatic carbocycles. The van der Waals surface area contributed by atoms with E-state index in [1.807, 2.05) is 12.1 Å². The molecule has 0 atom stereocenters. The standard InChI is InChI=1S/C11H6ClN5/c12-9-3-1-2-8(6-9)11-10(7-14)15-16-17(11)5-4-13/h1-3,6H,5H2. The summed E-state index contributed by atoms with van der Waals surface area (Å²) in [5.41, 5.74) is 1.41. The fourth-order valence-electron chi connectivity index (χ4n) is 1.49. The van der Waals surface area contributed by atoms with Crippen LogP contribution >= 0.6 is 11.6 Å². The van der Waals surface area contributed by atoms with Crippen molar-refractivity contribution in [3.63, 3.8) is 0 Å². The smallest absolute Gasteiger partial charge is 0.190 e. The zero-order chi connectivity index (χ0) is 12.3. The molecule has 0 saturated heterocycles. The van der Waals surface area contributed by atoms with Crippen LogP contribution in [0.5, 0.6) is 0 Å². The van der Waals surface area contributed by atoms with Crippen molar-refractivity contribution in [2.24, 2.45) is 0 Å². The Kier molecular flexibility index (Phi) is 3.04. The van der Waals surface area contributed by atoms with Crippen molar-refractivity contribution >= 4 is 11.6 Å². The Morgan fingerprint density at radius 3 is 2.82 bits per heavy atom. The van der Waals surface area contributed by atoms with E-state index >= 15 is 0 Å². The molecule has 0 spiro atoms. The van der Waals surface area contributed by atoms with Gasteiger partial charge in [-0.05, 0) is 12.1 Å². The van der Waals surface area contributed by atoms with Crippen LogP contribution < -0.4 is 0 Å². The van der Waals surface area contributed by atoms with E-state index in [1.54, 1.807) is 24.3 Å². The van der Waals surface area contributed by atoms with Crippen molar-refractivity contribution in [2.45, 2.75) is 6.54 Å². The lowest BCUT2D eigenvalue weighted by Gasteiger charge is -2.03. The summed E-state index contributed by atoms with van der Waals surface area (Å²) in [4.78, 5) is 0. The predicted molar refractivity (Wildman–Crippen MR) is 60.8 cm³/mol. The van der Waals surface area contributed by atoms with Gasteiger partial charge in [0.15, 0.2) is 5.69 Å². The minimum absolute atomic E-state index is 0.0382. The lowest BCUT2D eigenvalue weighted by molar-refractivity contribution is 0.674. The molecule has 0 unspecified atom stereocenters. The average Bonchev–Trinajstić information content (AvgIpc) is 2.72. The molecule has 0 amide bonds. The second-order valence-electron chi connectivity index (χ2n) is 3.22. The van der Waals surface area contributed by atoms with E-state index in [-0.39, 0.29) is 12.2 Å². The molecule has 0 fully saturated rings. The Morgan fingerprint density at radius 2 is 2.18 bits per heavy atom. The summed E-state index contributed by atoms with van der Waals surface area (Å²) in [5, 5.41) is 25.7. The van der Waals surface area contributed by atoms with Crippen LogP contribution in [0.2, 0.25) is 5.02 Å². The fraction of sp³-hybridized carbons (Fsp3) is 0.0909. The van der Waals surface area contributed by atoms with Gasteiger partial charge < -0.3 is 0 Å². The first-order valence-electron chi connectivity index (χ1n) is 4.72. The lowest BCUT2D eigenvalue weighted by atomic mass is 10.1. The molecule has 2 rings (SSSR count). The van der Waals surface area contributed by atoms with Crippen molar-refractivity contribution in [2.75, 3.05) is 0 Å². The third kappa shape index (κ3) is 2.10. The van der Waals surface area contributed by atoms with E-state index in [4.69, 9.17) is 22.1 Å². The quantitative estimate of drug-likeness (QED) is 0.808. The Bertz CT molecular complexity index is 632. The Hall–Kier alpha value is -2.37. The van der Waals surface area contributed by atoms with Gasteiger partial charge in [0.25, 0.3) is 0 Å². The Balaban J connectivity index is 2.61. The second-order valence-corrected chi connectivity index (χ2v) is 3.66. The van der Waals surface area contributed by atoms with E-state index < -0.39 is 0 Å². The van der Waals surface area contributed by atoms with Crippen molar-refractivity contribution in [3.05, 3.63) is 35.0 Å². The summed E-state index contributed by atoms with van der Waals surface area (Å²) in [7, 11) is 0. The summed E-state index contributed by atoms with van der Waals surface area (Å²) in [6, 6.07) is 10.9. The molecule has 17 heavy (non-hydrogen) atoms. The van der Waals surface area contributed by atoms with Gasteiger partial charge in [-0.15, -0.1) is 5.10 Å². The third-order valence-corrected chi connectivity index (χ3v) is 2.39. The number of hydrogen-bond donors (Lipinski definition) is 0. The zero-order valence-electron chi connectivity index (χ0n) is 8.63. The maximum Gasteiger partial charge on any atom is 0.190 e. The van der Waals surface area contributed by atoms with E-state index in [9.17, 15) is 0 Å². The maximum absolute atomic E-state index is 8.95. The summed E-state index contributed by atoms with van der Waals surface area (Å²) < 4.78 is 1.38. The SMILES string of the molecule is N#CCn1nnc(C#N)c1-c1cccc(Cl)c1. The molecule has 6 heteroatoms. The van der Waals surface area contributed by atoms with Gasteiger partial charge in [-0.25, -0.2) is 4.68 Å². The summed E-state index contributed by atoms with van der Waals surface area (Å²) in [5.74, 6) is 0. The molecule has 1 aromatic heterocycles. The van der Waals surface area contributed by atoms with Gasteiger partial charge in [0, 0.05) is 10.6 Å². The first kappa shape index (κ1) is 11.1. The van der Waals surface area contributed by atoms with Gasteiger partial charge in [0.1, 0.15) is 18.3 Å². The highest BCUT2D eigenvalue weighted by Crippen LogP contribution is 2.24. The van der Waals surface area contributed by atoms with Gasteiger partial charge in [0.2, 0.25) is 0 Å². The number of nitriles is 2. The third-order valence-electron chi connectivity index (χ3n) is 2.16. The topological polar surface area (TPSA) is 78.3 Å². The molecule has 1 heterocycles. The van der Waals surface area contributed by atoms with Crippen LogP contribution in [-0.4, -0.2) is 15.0 Å². The van der Waals surface area contributed by atoms with Crippen LogP contribution in [0, 0.1) is 22.7 Å². The molecule has 0 radical (unpaired) electrons. The van der Waals surface area contributed by atoms with E-state index in [1.165, 1.54) is 4.68 Å². The number of hydrogen-bond acceptors (Lipinski definition) is 4. The number of halogens is 1. The van der Waals surface area contributed by atoms with Gasteiger partial charge in [-0.2, -0.15) is 10.5 Å². The highest BCUT2D eigenvalue weighted by atomic mass is 35.5. The van der Waals surface area contributed by atoms with Crippen molar-refractivity contribution in [1.29, 1.82) is 10.5 Å². The fourth-order valence-corrected chi connectivity index (χ4v) is 1.68. The molecule has 82 valence electrons. The van der Waals surface area contributed by atoms with E-state index in [2.05, 4.69) is 10.3 Å². The molecule has 1 aromatic carbocycles. The van der Waals surface area contributed by atoms with Gasteiger partial charge >= 0.3 is 0 Å². The predicted octanol–water partition coefficient (Wildman–Crippen LogP) is 1.99. The van der Waals surface area contributed by atoms with Gasteiger partial charge in [-0.1, -0.05) is 28.9 Å².